The van der Waals surface area contributed by atoms with E-state index < -0.39 is 21.9 Å². The van der Waals surface area contributed by atoms with E-state index in [0.29, 0.717) is 11.0 Å². The number of fused-ring (bicyclic) bond motifs is 1. The van der Waals surface area contributed by atoms with Crippen molar-refractivity contribution in [3.05, 3.63) is 54.1 Å². The Morgan fingerprint density at radius 3 is 2.60 bits per heavy atom. The Kier molecular flexibility index (Phi) is 5.07. The highest BCUT2D eigenvalue weighted by molar-refractivity contribution is 7.89. The summed E-state index contributed by atoms with van der Waals surface area (Å²) in [5.41, 5.74) is 1.59. The Hall–Kier alpha value is -2.36. The van der Waals surface area contributed by atoms with Gasteiger partial charge in [0.05, 0.1) is 18.1 Å². The first kappa shape index (κ1) is 17.5. The predicted octanol–water partition coefficient (Wildman–Crippen LogP) is 2.23. The number of aromatic nitrogens is 2. The van der Waals surface area contributed by atoms with Crippen LogP contribution in [-0.4, -0.2) is 34.8 Å². The Balaban J connectivity index is 1.84. The van der Waals surface area contributed by atoms with Crippen molar-refractivity contribution in [1.29, 1.82) is 0 Å². The van der Waals surface area contributed by atoms with E-state index in [1.54, 1.807) is 36.4 Å². The highest BCUT2D eigenvalue weighted by atomic mass is 32.2. The molecular weight excluding hydrogens is 362 g/mol. The Bertz CT molecular complexity index is 987. The minimum absolute atomic E-state index is 0.0212. The molecule has 0 aliphatic heterocycles. The maximum atomic E-state index is 12.6. The van der Waals surface area contributed by atoms with E-state index in [4.69, 9.17) is 5.11 Å². The molecule has 0 amide bonds. The summed E-state index contributed by atoms with van der Waals surface area (Å²) in [6, 6.07) is 13.7. The van der Waals surface area contributed by atoms with Crippen molar-refractivity contribution in [3.8, 4) is 0 Å². The molecule has 0 fully saturated rings. The van der Waals surface area contributed by atoms with E-state index in [1.165, 1.54) is 6.07 Å². The van der Waals surface area contributed by atoms with Crippen molar-refractivity contribution in [1.82, 2.24) is 13.5 Å². The molecular formula is C16H15N3O4S2. The lowest BCUT2D eigenvalue weighted by atomic mass is 9.96. The van der Waals surface area contributed by atoms with Gasteiger partial charge in [-0.1, -0.05) is 36.4 Å². The van der Waals surface area contributed by atoms with Crippen molar-refractivity contribution in [2.75, 3.05) is 6.54 Å². The summed E-state index contributed by atoms with van der Waals surface area (Å²) in [6.07, 6.45) is -0.172. The standard InChI is InChI=1S/C16H15N3O4S2/c20-15(21)9-12(11-5-2-1-3-6-11)10-17-25(22,23)14-8-4-7-13-16(14)19-24-18-13/h1-8,12,17H,9-10H2,(H,20,21)/t12-/m0/s1. The molecule has 0 unspecified atom stereocenters. The van der Waals surface area contributed by atoms with Gasteiger partial charge in [-0.2, -0.15) is 8.75 Å². The van der Waals surface area contributed by atoms with E-state index in [1.807, 2.05) is 6.07 Å². The van der Waals surface area contributed by atoms with Gasteiger partial charge in [0.1, 0.15) is 15.9 Å². The largest absolute Gasteiger partial charge is 0.481 e. The predicted molar refractivity (Wildman–Crippen MR) is 94.0 cm³/mol. The van der Waals surface area contributed by atoms with Crippen molar-refractivity contribution in [2.24, 2.45) is 0 Å². The first-order valence-electron chi connectivity index (χ1n) is 7.45. The molecule has 0 aliphatic rings. The van der Waals surface area contributed by atoms with Crippen LogP contribution in [0.2, 0.25) is 0 Å². The molecule has 1 aromatic heterocycles. The lowest BCUT2D eigenvalue weighted by Crippen LogP contribution is -2.29. The maximum Gasteiger partial charge on any atom is 0.304 e. The number of hydrogen-bond donors (Lipinski definition) is 2. The zero-order valence-electron chi connectivity index (χ0n) is 13.0. The summed E-state index contributed by atoms with van der Waals surface area (Å²) in [6.45, 7) is -0.0212. The molecule has 0 saturated heterocycles. The van der Waals surface area contributed by atoms with Crippen LogP contribution in [-0.2, 0) is 14.8 Å². The van der Waals surface area contributed by atoms with Crippen molar-refractivity contribution >= 4 is 38.8 Å². The number of nitrogens with zero attached hydrogens (tertiary/aromatic N) is 2. The average molecular weight is 377 g/mol. The van der Waals surface area contributed by atoms with Crippen molar-refractivity contribution < 1.29 is 18.3 Å². The number of hydrogen-bond acceptors (Lipinski definition) is 6. The Morgan fingerprint density at radius 1 is 1.12 bits per heavy atom. The minimum Gasteiger partial charge on any atom is -0.481 e. The van der Waals surface area contributed by atoms with Gasteiger partial charge in [0.25, 0.3) is 0 Å². The van der Waals surface area contributed by atoms with Crippen LogP contribution in [0.4, 0.5) is 0 Å². The number of nitrogens with one attached hydrogen (secondary N) is 1. The summed E-state index contributed by atoms with van der Waals surface area (Å²) < 4.78 is 35.9. The van der Waals surface area contributed by atoms with Crippen molar-refractivity contribution in [3.63, 3.8) is 0 Å². The molecule has 2 N–H and O–H groups in total. The minimum atomic E-state index is -3.83. The zero-order chi connectivity index (χ0) is 17.9. The van der Waals surface area contributed by atoms with Gasteiger partial charge in [-0.05, 0) is 17.7 Å². The van der Waals surface area contributed by atoms with E-state index in [0.717, 1.165) is 17.3 Å². The number of carboxylic acid groups (broad SMARTS) is 1. The van der Waals surface area contributed by atoms with Gasteiger partial charge in [-0.15, -0.1) is 0 Å². The summed E-state index contributed by atoms with van der Waals surface area (Å²) in [4.78, 5) is 11.2. The molecule has 25 heavy (non-hydrogen) atoms. The normalized spacial score (nSPS) is 13.0. The van der Waals surface area contributed by atoms with Gasteiger partial charge in [-0.25, -0.2) is 13.1 Å². The molecule has 7 nitrogen and oxygen atoms in total. The third-order valence-corrected chi connectivity index (χ3v) is 5.75. The molecule has 0 aliphatic carbocycles. The molecule has 0 bridgehead atoms. The topological polar surface area (TPSA) is 109 Å². The molecule has 2 aromatic carbocycles. The summed E-state index contributed by atoms with van der Waals surface area (Å²) in [7, 11) is -3.83. The van der Waals surface area contributed by atoms with Gasteiger partial charge in [-0.3, -0.25) is 4.79 Å². The number of carboxylic acids is 1. The number of aliphatic carboxylic acids is 1. The first-order chi connectivity index (χ1) is 12.0. The van der Waals surface area contributed by atoms with E-state index in [9.17, 15) is 13.2 Å². The van der Waals surface area contributed by atoms with Gasteiger partial charge in [0.2, 0.25) is 10.0 Å². The van der Waals surface area contributed by atoms with Crippen LogP contribution < -0.4 is 4.72 Å². The SMILES string of the molecule is O=C(O)C[C@@H](CNS(=O)(=O)c1cccc2nsnc12)c1ccccc1. The monoisotopic (exact) mass is 377 g/mol. The van der Waals surface area contributed by atoms with E-state index >= 15 is 0 Å². The lowest BCUT2D eigenvalue weighted by molar-refractivity contribution is -0.137. The van der Waals surface area contributed by atoms with Crippen LogP contribution >= 0.6 is 11.7 Å². The van der Waals surface area contributed by atoms with Gasteiger partial charge >= 0.3 is 5.97 Å². The van der Waals surface area contributed by atoms with Gasteiger partial charge in [0.15, 0.2) is 0 Å². The number of sulfonamides is 1. The second-order valence-corrected chi connectivity index (χ2v) is 7.71. The van der Waals surface area contributed by atoms with E-state index in [-0.39, 0.29) is 17.9 Å². The summed E-state index contributed by atoms with van der Waals surface area (Å²) in [5, 5.41) is 9.11. The van der Waals surface area contributed by atoms with Crippen LogP contribution in [0.3, 0.4) is 0 Å². The maximum absolute atomic E-state index is 12.6. The molecule has 0 radical (unpaired) electrons. The highest BCUT2D eigenvalue weighted by Gasteiger charge is 2.23. The molecule has 0 saturated carbocycles. The van der Waals surface area contributed by atoms with Gasteiger partial charge < -0.3 is 5.11 Å². The summed E-state index contributed by atoms with van der Waals surface area (Å²) >= 11 is 0.943. The second kappa shape index (κ2) is 7.26. The third-order valence-electron chi connectivity index (χ3n) is 3.75. The zero-order valence-corrected chi connectivity index (χ0v) is 14.6. The fourth-order valence-corrected chi connectivity index (χ4v) is 4.38. The summed E-state index contributed by atoms with van der Waals surface area (Å²) in [5.74, 6) is -1.46. The third kappa shape index (κ3) is 4.01. The lowest BCUT2D eigenvalue weighted by Gasteiger charge is -2.16. The molecule has 9 heteroatoms. The Morgan fingerprint density at radius 2 is 1.88 bits per heavy atom. The van der Waals surface area contributed by atoms with Crippen LogP contribution in [0.25, 0.3) is 11.0 Å². The first-order valence-corrected chi connectivity index (χ1v) is 9.66. The van der Waals surface area contributed by atoms with Crippen LogP contribution in [0, 0.1) is 0 Å². The van der Waals surface area contributed by atoms with Crippen LogP contribution in [0.15, 0.2) is 53.4 Å². The number of rotatable bonds is 7. The molecule has 0 spiro atoms. The van der Waals surface area contributed by atoms with Crippen LogP contribution in [0.5, 0.6) is 0 Å². The smallest absolute Gasteiger partial charge is 0.304 e. The molecule has 3 aromatic rings. The number of benzene rings is 2. The molecule has 1 heterocycles. The molecule has 1 atom stereocenters. The quantitative estimate of drug-likeness (QED) is 0.653. The van der Waals surface area contributed by atoms with Gasteiger partial charge in [0, 0.05) is 12.5 Å². The van der Waals surface area contributed by atoms with E-state index in [2.05, 4.69) is 13.5 Å². The second-order valence-electron chi connectivity index (χ2n) is 5.45. The fourth-order valence-electron chi connectivity index (χ4n) is 2.53. The Labute approximate surface area is 148 Å². The fraction of sp³-hybridized carbons (Fsp3) is 0.188. The van der Waals surface area contributed by atoms with Crippen molar-refractivity contribution in [2.45, 2.75) is 17.2 Å². The average Bonchev–Trinajstić information content (AvgIpc) is 3.07. The van der Waals surface area contributed by atoms with Crippen LogP contribution in [0.1, 0.15) is 17.9 Å². The number of carbonyl (C=O) groups is 1. The molecule has 3 rings (SSSR count). The highest BCUT2D eigenvalue weighted by Crippen LogP contribution is 2.23. The molecule has 130 valence electrons.